The highest BCUT2D eigenvalue weighted by Crippen LogP contribution is 2.36. The Labute approximate surface area is 104 Å². The molecule has 0 spiro atoms. The van der Waals surface area contributed by atoms with Gasteiger partial charge in [0.15, 0.2) is 20.4 Å². The van der Waals surface area contributed by atoms with Gasteiger partial charge < -0.3 is 14.3 Å². The molecule has 0 aromatic heterocycles. The van der Waals surface area contributed by atoms with Crippen molar-refractivity contribution in [2.75, 3.05) is 6.61 Å². The molecule has 17 heavy (non-hydrogen) atoms. The van der Waals surface area contributed by atoms with E-state index >= 15 is 0 Å². The third-order valence-electron chi connectivity index (χ3n) is 3.45. The van der Waals surface area contributed by atoms with Crippen LogP contribution in [-0.4, -0.2) is 38.2 Å². The van der Waals surface area contributed by atoms with Crippen molar-refractivity contribution >= 4 is 14.1 Å². The topological polar surface area (TPSA) is 55.8 Å². The Hall–Kier alpha value is -0.493. The lowest BCUT2D eigenvalue weighted by atomic mass is 10.2. The molecule has 4 nitrogen and oxygen atoms in total. The SMILES string of the molecule is CC(C)(C)[Si](C)(C)OC[C@H]1O[C@H](O)C=CC1=O. The van der Waals surface area contributed by atoms with Crippen LogP contribution in [0.25, 0.3) is 0 Å². The van der Waals surface area contributed by atoms with Crippen LogP contribution < -0.4 is 0 Å². The van der Waals surface area contributed by atoms with Gasteiger partial charge in [0, 0.05) is 0 Å². The lowest BCUT2D eigenvalue weighted by Gasteiger charge is -2.37. The largest absolute Gasteiger partial charge is 0.414 e. The summed E-state index contributed by atoms with van der Waals surface area (Å²) in [5, 5.41) is 9.38. The first-order valence-corrected chi connectivity index (χ1v) is 8.74. The summed E-state index contributed by atoms with van der Waals surface area (Å²) >= 11 is 0. The standard InChI is InChI=1S/C12H22O4Si/c1-12(2,3)17(4,5)15-8-10-9(13)6-7-11(14)16-10/h6-7,10-11,14H,8H2,1-5H3/t10-,11+/m1/s1. The fraction of sp³-hybridized carbons (Fsp3) is 0.750. The van der Waals surface area contributed by atoms with E-state index in [1.807, 2.05) is 0 Å². The monoisotopic (exact) mass is 258 g/mol. The minimum atomic E-state index is -1.88. The maximum Gasteiger partial charge on any atom is 0.192 e. The Morgan fingerprint density at radius 1 is 1.47 bits per heavy atom. The van der Waals surface area contributed by atoms with Crippen molar-refractivity contribution in [3.8, 4) is 0 Å². The summed E-state index contributed by atoms with van der Waals surface area (Å²) in [6, 6.07) is 0. The molecule has 1 aliphatic heterocycles. The molecule has 0 aliphatic carbocycles. The van der Waals surface area contributed by atoms with E-state index in [1.165, 1.54) is 12.2 Å². The molecule has 1 aliphatic rings. The molecule has 0 aromatic carbocycles. The molecular formula is C12H22O4Si. The Morgan fingerprint density at radius 3 is 2.59 bits per heavy atom. The van der Waals surface area contributed by atoms with E-state index in [4.69, 9.17) is 9.16 Å². The van der Waals surface area contributed by atoms with Crippen LogP contribution in [0.15, 0.2) is 12.2 Å². The van der Waals surface area contributed by atoms with Gasteiger partial charge >= 0.3 is 0 Å². The zero-order valence-corrected chi connectivity index (χ0v) is 12.2. The molecule has 0 radical (unpaired) electrons. The predicted octanol–water partition coefficient (Wildman–Crippen LogP) is 1.85. The first-order chi connectivity index (χ1) is 7.63. The van der Waals surface area contributed by atoms with Crippen LogP contribution in [0.4, 0.5) is 0 Å². The number of aliphatic hydroxyl groups excluding tert-OH is 1. The number of ketones is 1. The van der Waals surface area contributed by atoms with Crippen molar-refractivity contribution in [1.29, 1.82) is 0 Å². The van der Waals surface area contributed by atoms with Crippen molar-refractivity contribution < 1.29 is 19.1 Å². The lowest BCUT2D eigenvalue weighted by molar-refractivity contribution is -0.152. The fourth-order valence-electron chi connectivity index (χ4n) is 1.19. The molecule has 1 N–H and O–H groups in total. The molecule has 1 heterocycles. The van der Waals surface area contributed by atoms with E-state index in [-0.39, 0.29) is 17.4 Å². The highest BCUT2D eigenvalue weighted by Gasteiger charge is 2.38. The summed E-state index contributed by atoms with van der Waals surface area (Å²) < 4.78 is 11.0. The van der Waals surface area contributed by atoms with E-state index in [0.29, 0.717) is 0 Å². The molecule has 5 heteroatoms. The van der Waals surface area contributed by atoms with E-state index in [1.54, 1.807) is 0 Å². The third kappa shape index (κ3) is 3.74. The Bertz CT molecular complexity index is 317. The molecule has 0 unspecified atom stereocenters. The van der Waals surface area contributed by atoms with E-state index in [2.05, 4.69) is 33.9 Å². The van der Waals surface area contributed by atoms with Gasteiger partial charge in [0.25, 0.3) is 0 Å². The van der Waals surface area contributed by atoms with Gasteiger partial charge in [0.2, 0.25) is 0 Å². The predicted molar refractivity (Wildman–Crippen MR) is 68.2 cm³/mol. The molecule has 0 fully saturated rings. The Morgan fingerprint density at radius 2 is 2.06 bits per heavy atom. The molecule has 2 atom stereocenters. The van der Waals surface area contributed by atoms with Crippen LogP contribution in [0.3, 0.4) is 0 Å². The van der Waals surface area contributed by atoms with Crippen molar-refractivity contribution in [3.63, 3.8) is 0 Å². The zero-order chi connectivity index (χ0) is 13.3. The van der Waals surface area contributed by atoms with Crippen LogP contribution in [0.1, 0.15) is 20.8 Å². The molecule has 0 amide bonds. The summed E-state index contributed by atoms with van der Waals surface area (Å²) in [7, 11) is -1.88. The lowest BCUT2D eigenvalue weighted by Crippen LogP contribution is -2.45. The number of carbonyl (C=O) groups excluding carboxylic acids is 1. The van der Waals surface area contributed by atoms with Crippen LogP contribution in [0, 0.1) is 0 Å². The zero-order valence-electron chi connectivity index (χ0n) is 11.2. The molecular weight excluding hydrogens is 236 g/mol. The Balaban J connectivity index is 2.57. The number of aliphatic hydroxyl groups is 1. The number of hydrogen-bond acceptors (Lipinski definition) is 4. The minimum absolute atomic E-state index is 0.0964. The second-order valence-electron chi connectivity index (χ2n) is 5.85. The number of carbonyl (C=O) groups is 1. The van der Waals surface area contributed by atoms with Gasteiger partial charge in [-0.15, -0.1) is 0 Å². The quantitative estimate of drug-likeness (QED) is 0.785. The van der Waals surface area contributed by atoms with E-state index in [9.17, 15) is 9.90 Å². The average Bonchev–Trinajstić information content (AvgIpc) is 2.18. The van der Waals surface area contributed by atoms with Crippen molar-refractivity contribution in [3.05, 3.63) is 12.2 Å². The van der Waals surface area contributed by atoms with Crippen LogP contribution in [0.5, 0.6) is 0 Å². The maximum absolute atomic E-state index is 11.5. The smallest absolute Gasteiger partial charge is 0.192 e. The van der Waals surface area contributed by atoms with Gasteiger partial charge in [-0.25, -0.2) is 0 Å². The number of hydrogen-bond donors (Lipinski definition) is 1. The maximum atomic E-state index is 11.5. The van der Waals surface area contributed by atoms with Crippen LogP contribution in [0.2, 0.25) is 18.1 Å². The van der Waals surface area contributed by atoms with Gasteiger partial charge in [-0.3, -0.25) is 4.79 Å². The highest BCUT2D eigenvalue weighted by molar-refractivity contribution is 6.74. The summed E-state index contributed by atoms with van der Waals surface area (Å²) in [6.07, 6.45) is 1.02. The molecule has 98 valence electrons. The highest BCUT2D eigenvalue weighted by atomic mass is 28.4. The van der Waals surface area contributed by atoms with Crippen molar-refractivity contribution in [1.82, 2.24) is 0 Å². The second kappa shape index (κ2) is 5.02. The summed E-state index contributed by atoms with van der Waals surface area (Å²) in [5.41, 5.74) is 0. The summed E-state index contributed by atoms with van der Waals surface area (Å²) in [6.45, 7) is 10.9. The first-order valence-electron chi connectivity index (χ1n) is 5.83. The van der Waals surface area contributed by atoms with Gasteiger partial charge in [-0.2, -0.15) is 0 Å². The fourth-order valence-corrected chi connectivity index (χ4v) is 2.19. The average molecular weight is 258 g/mol. The van der Waals surface area contributed by atoms with Gasteiger partial charge in [0.1, 0.15) is 6.10 Å². The summed E-state index contributed by atoms with van der Waals surface area (Å²) in [5.74, 6) is -0.144. The third-order valence-corrected chi connectivity index (χ3v) is 7.95. The molecule has 0 saturated heterocycles. The number of ether oxygens (including phenoxy) is 1. The Kier molecular flexibility index (Phi) is 4.30. The van der Waals surface area contributed by atoms with Crippen LogP contribution >= 0.6 is 0 Å². The molecule has 0 aromatic rings. The molecule has 0 bridgehead atoms. The molecule has 0 saturated carbocycles. The first kappa shape index (κ1) is 14.6. The van der Waals surface area contributed by atoms with E-state index in [0.717, 1.165) is 0 Å². The van der Waals surface area contributed by atoms with Gasteiger partial charge in [-0.1, -0.05) is 20.8 Å². The summed E-state index contributed by atoms with van der Waals surface area (Å²) in [4.78, 5) is 11.5. The molecule has 1 rings (SSSR count). The van der Waals surface area contributed by atoms with Crippen molar-refractivity contribution in [2.45, 2.75) is 51.3 Å². The normalized spacial score (nSPS) is 26.4. The van der Waals surface area contributed by atoms with E-state index < -0.39 is 20.7 Å². The van der Waals surface area contributed by atoms with Gasteiger partial charge in [0.05, 0.1) is 6.61 Å². The van der Waals surface area contributed by atoms with Crippen LogP contribution in [-0.2, 0) is 14.0 Å². The number of rotatable bonds is 3. The minimum Gasteiger partial charge on any atom is -0.414 e. The second-order valence-corrected chi connectivity index (χ2v) is 10.7. The van der Waals surface area contributed by atoms with Gasteiger partial charge in [-0.05, 0) is 30.3 Å². The van der Waals surface area contributed by atoms with Crippen molar-refractivity contribution in [2.24, 2.45) is 0 Å².